The van der Waals surface area contributed by atoms with Gasteiger partial charge in [-0.05, 0) is 61.2 Å². The number of esters is 1. The summed E-state index contributed by atoms with van der Waals surface area (Å²) in [4.78, 5) is 34.9. The van der Waals surface area contributed by atoms with Crippen molar-refractivity contribution in [2.24, 2.45) is 0 Å². The van der Waals surface area contributed by atoms with Crippen molar-refractivity contribution in [1.82, 2.24) is 0 Å². The first-order chi connectivity index (χ1) is 13.8. The van der Waals surface area contributed by atoms with Crippen molar-refractivity contribution in [2.45, 2.75) is 39.5 Å². The minimum atomic E-state index is -0.453. The zero-order valence-corrected chi connectivity index (χ0v) is 17.1. The second kappa shape index (κ2) is 11.0. The molecule has 0 unspecified atom stereocenters. The number of Topliss-reactive ketones (excluding diaryl/α,β-unsaturated/α-hetero) is 1. The first-order valence-corrected chi connectivity index (χ1v) is 9.64. The summed E-state index contributed by atoms with van der Waals surface area (Å²) in [6.07, 6.45) is 0.619. The highest BCUT2D eigenvalue weighted by Gasteiger charge is 2.09. The number of rotatable bonds is 10. The van der Waals surface area contributed by atoms with Gasteiger partial charge in [0.25, 0.3) is 5.91 Å². The van der Waals surface area contributed by atoms with Crippen LogP contribution in [0.2, 0.25) is 0 Å². The summed E-state index contributed by atoms with van der Waals surface area (Å²) < 4.78 is 10.5. The monoisotopic (exact) mass is 397 g/mol. The second-order valence-corrected chi connectivity index (χ2v) is 7.02. The van der Waals surface area contributed by atoms with E-state index in [1.807, 2.05) is 24.3 Å². The predicted molar refractivity (Wildman–Crippen MR) is 111 cm³/mol. The van der Waals surface area contributed by atoms with Crippen LogP contribution in [-0.4, -0.2) is 30.9 Å². The Morgan fingerprint density at radius 1 is 0.966 bits per heavy atom. The maximum atomic E-state index is 11.9. The van der Waals surface area contributed by atoms with Crippen molar-refractivity contribution in [3.63, 3.8) is 0 Å². The lowest BCUT2D eigenvalue weighted by Crippen LogP contribution is -2.21. The predicted octanol–water partition coefficient (Wildman–Crippen LogP) is 4.35. The molecule has 6 heteroatoms. The van der Waals surface area contributed by atoms with E-state index in [1.54, 1.807) is 24.3 Å². The van der Waals surface area contributed by atoms with Gasteiger partial charge in [-0.2, -0.15) is 0 Å². The van der Waals surface area contributed by atoms with Crippen molar-refractivity contribution in [3.05, 3.63) is 59.7 Å². The summed E-state index contributed by atoms with van der Waals surface area (Å²) in [5.41, 5.74) is 2.47. The van der Waals surface area contributed by atoms with Crippen LogP contribution in [0, 0.1) is 0 Å². The lowest BCUT2D eigenvalue weighted by molar-refractivity contribution is -0.147. The van der Waals surface area contributed by atoms with Crippen molar-refractivity contribution in [1.29, 1.82) is 0 Å². The number of nitrogens with one attached hydrogen (secondary N) is 1. The van der Waals surface area contributed by atoms with Crippen molar-refractivity contribution >= 4 is 23.3 Å². The molecule has 2 aromatic carbocycles. The molecule has 0 saturated heterocycles. The fourth-order valence-corrected chi connectivity index (χ4v) is 2.56. The Kier molecular flexibility index (Phi) is 8.40. The van der Waals surface area contributed by atoms with Gasteiger partial charge in [0.1, 0.15) is 5.75 Å². The largest absolute Gasteiger partial charge is 0.494 e. The van der Waals surface area contributed by atoms with Gasteiger partial charge < -0.3 is 14.8 Å². The van der Waals surface area contributed by atoms with E-state index in [-0.39, 0.29) is 24.7 Å². The summed E-state index contributed by atoms with van der Waals surface area (Å²) in [5.74, 6) is 0.218. The molecule has 0 radical (unpaired) electrons. The second-order valence-electron chi connectivity index (χ2n) is 7.02. The molecule has 0 atom stereocenters. The van der Waals surface area contributed by atoms with Gasteiger partial charge in [0.2, 0.25) is 0 Å². The number of carbonyl (C=O) groups is 3. The van der Waals surface area contributed by atoms with Gasteiger partial charge in [-0.1, -0.05) is 26.0 Å². The van der Waals surface area contributed by atoms with Crippen LogP contribution in [-0.2, 0) is 14.3 Å². The van der Waals surface area contributed by atoms with Crippen LogP contribution in [0.3, 0.4) is 0 Å². The van der Waals surface area contributed by atoms with E-state index in [2.05, 4.69) is 19.2 Å². The van der Waals surface area contributed by atoms with Crippen LogP contribution in [0.25, 0.3) is 0 Å². The summed E-state index contributed by atoms with van der Waals surface area (Å²) >= 11 is 0. The molecule has 1 amide bonds. The van der Waals surface area contributed by atoms with E-state index in [4.69, 9.17) is 9.47 Å². The van der Waals surface area contributed by atoms with Crippen molar-refractivity contribution in [2.75, 3.05) is 18.5 Å². The molecule has 2 aromatic rings. The number of benzene rings is 2. The van der Waals surface area contributed by atoms with Crippen LogP contribution in [0.4, 0.5) is 5.69 Å². The highest BCUT2D eigenvalue weighted by molar-refractivity contribution is 5.94. The molecule has 2 rings (SSSR count). The van der Waals surface area contributed by atoms with Crippen molar-refractivity contribution in [3.8, 4) is 5.75 Å². The molecule has 154 valence electrons. The topological polar surface area (TPSA) is 81.7 Å². The Balaban J connectivity index is 1.62. The van der Waals surface area contributed by atoms with Crippen LogP contribution in [0.1, 0.15) is 55.5 Å². The van der Waals surface area contributed by atoms with Crippen LogP contribution in [0.5, 0.6) is 5.75 Å². The van der Waals surface area contributed by atoms with Crippen molar-refractivity contribution < 1.29 is 23.9 Å². The average Bonchev–Trinajstić information content (AvgIpc) is 2.70. The summed E-state index contributed by atoms with van der Waals surface area (Å²) in [6, 6.07) is 14.4. The Bertz CT molecular complexity index is 825. The molecule has 0 heterocycles. The minimum absolute atomic E-state index is 0.00379. The zero-order chi connectivity index (χ0) is 21.2. The highest BCUT2D eigenvalue weighted by Crippen LogP contribution is 2.17. The van der Waals surface area contributed by atoms with E-state index in [0.29, 0.717) is 35.9 Å². The highest BCUT2D eigenvalue weighted by atomic mass is 16.5. The number of carbonyl (C=O) groups excluding carboxylic acids is 3. The quantitative estimate of drug-likeness (QED) is 0.366. The van der Waals surface area contributed by atoms with E-state index >= 15 is 0 Å². The number of ether oxygens (including phenoxy) is 2. The molecule has 29 heavy (non-hydrogen) atoms. The lowest BCUT2D eigenvalue weighted by atomic mass is 10.0. The molecular weight excluding hydrogens is 370 g/mol. The molecule has 0 bridgehead atoms. The number of anilines is 1. The Morgan fingerprint density at radius 2 is 1.62 bits per heavy atom. The Labute approximate surface area is 171 Å². The smallest absolute Gasteiger partial charge is 0.306 e. The standard InChI is InChI=1S/C23H27NO5/c1-16(2)18-6-10-20(11-7-18)24-22(26)15-29-23(27)5-4-14-28-21-12-8-19(9-13-21)17(3)25/h6-13,16H,4-5,14-15H2,1-3H3,(H,24,26). The molecule has 0 aromatic heterocycles. The van der Waals surface area contributed by atoms with Crippen LogP contribution in [0.15, 0.2) is 48.5 Å². The average molecular weight is 397 g/mol. The molecule has 0 spiro atoms. The molecule has 0 aliphatic carbocycles. The molecule has 1 N–H and O–H groups in total. The molecule has 0 aliphatic rings. The minimum Gasteiger partial charge on any atom is -0.494 e. The Hall–Kier alpha value is -3.15. The fourth-order valence-electron chi connectivity index (χ4n) is 2.56. The third-order valence-corrected chi connectivity index (χ3v) is 4.28. The van der Waals surface area contributed by atoms with E-state index in [9.17, 15) is 14.4 Å². The maximum Gasteiger partial charge on any atom is 0.306 e. The molecular formula is C23H27NO5. The first-order valence-electron chi connectivity index (χ1n) is 9.64. The fraction of sp³-hybridized carbons (Fsp3) is 0.348. The third kappa shape index (κ3) is 7.78. The Morgan fingerprint density at radius 3 is 2.21 bits per heavy atom. The SMILES string of the molecule is CC(=O)c1ccc(OCCCC(=O)OCC(=O)Nc2ccc(C(C)C)cc2)cc1. The van der Waals surface area contributed by atoms with Gasteiger partial charge in [0.05, 0.1) is 6.61 Å². The van der Waals surface area contributed by atoms with E-state index < -0.39 is 5.97 Å². The third-order valence-electron chi connectivity index (χ3n) is 4.28. The summed E-state index contributed by atoms with van der Waals surface area (Å²) in [7, 11) is 0. The number of hydrogen-bond acceptors (Lipinski definition) is 5. The zero-order valence-electron chi connectivity index (χ0n) is 17.1. The van der Waals surface area contributed by atoms with Gasteiger partial charge in [0, 0.05) is 17.7 Å². The summed E-state index contributed by atoms with van der Waals surface area (Å²) in [6.45, 7) is 5.72. The lowest BCUT2D eigenvalue weighted by Gasteiger charge is -2.09. The van der Waals surface area contributed by atoms with Gasteiger partial charge in [-0.25, -0.2) is 0 Å². The normalized spacial score (nSPS) is 10.5. The van der Waals surface area contributed by atoms with Gasteiger partial charge >= 0.3 is 5.97 Å². The number of ketones is 1. The van der Waals surface area contributed by atoms with Gasteiger partial charge in [0.15, 0.2) is 12.4 Å². The molecule has 0 fully saturated rings. The molecule has 0 aliphatic heterocycles. The van der Waals surface area contributed by atoms with Gasteiger partial charge in [-0.15, -0.1) is 0 Å². The van der Waals surface area contributed by atoms with Crippen LogP contribution < -0.4 is 10.1 Å². The maximum absolute atomic E-state index is 11.9. The van der Waals surface area contributed by atoms with Crippen LogP contribution >= 0.6 is 0 Å². The number of hydrogen-bond donors (Lipinski definition) is 1. The molecule has 6 nitrogen and oxygen atoms in total. The summed E-state index contributed by atoms with van der Waals surface area (Å²) in [5, 5.41) is 2.70. The van der Waals surface area contributed by atoms with Gasteiger partial charge in [-0.3, -0.25) is 14.4 Å². The van der Waals surface area contributed by atoms with E-state index in [1.165, 1.54) is 12.5 Å². The molecule has 0 saturated carbocycles. The number of amides is 1. The first kappa shape index (κ1) is 22.1. The van der Waals surface area contributed by atoms with E-state index in [0.717, 1.165) is 0 Å².